The Kier molecular flexibility index (Phi) is 4.76. The van der Waals surface area contributed by atoms with Crippen LogP contribution in [-0.4, -0.2) is 43.0 Å². The molecule has 0 bridgehead atoms. The largest absolute Gasteiger partial charge is 0.454 e. The Morgan fingerprint density at radius 3 is 2.42 bits per heavy atom. The van der Waals surface area contributed by atoms with Crippen molar-refractivity contribution in [3.63, 3.8) is 0 Å². The van der Waals surface area contributed by atoms with Crippen LogP contribution in [0.25, 0.3) is 0 Å². The van der Waals surface area contributed by atoms with Crippen molar-refractivity contribution in [1.29, 1.82) is 0 Å². The van der Waals surface area contributed by atoms with Crippen LogP contribution in [0.15, 0.2) is 12.1 Å². The number of ether oxygens (including phenoxy) is 2. The maximum atomic E-state index is 12.4. The number of carbonyl (C=O) groups is 2. The van der Waals surface area contributed by atoms with Crippen LogP contribution in [0.3, 0.4) is 0 Å². The number of piperidine rings is 1. The SMILES string of the molecule is CC(=O)c1cc2c(cc1NC(=O)CN1CC(C)CC(C)C1)OCO2. The Balaban J connectivity index is 1.71. The monoisotopic (exact) mass is 332 g/mol. The topological polar surface area (TPSA) is 67.9 Å². The van der Waals surface area contributed by atoms with Gasteiger partial charge in [-0.15, -0.1) is 0 Å². The summed E-state index contributed by atoms with van der Waals surface area (Å²) in [5.41, 5.74) is 0.919. The maximum absolute atomic E-state index is 12.4. The van der Waals surface area contributed by atoms with Crippen molar-refractivity contribution >= 4 is 17.4 Å². The Labute approximate surface area is 142 Å². The first kappa shape index (κ1) is 16.8. The van der Waals surface area contributed by atoms with Gasteiger partial charge in [0.05, 0.1) is 12.2 Å². The molecule has 2 aliphatic rings. The molecule has 1 aromatic rings. The Morgan fingerprint density at radius 1 is 1.17 bits per heavy atom. The molecule has 1 N–H and O–H groups in total. The smallest absolute Gasteiger partial charge is 0.238 e. The second-order valence-electron chi connectivity index (χ2n) is 7.00. The lowest BCUT2D eigenvalue weighted by Crippen LogP contribution is -2.42. The highest BCUT2D eigenvalue weighted by Gasteiger charge is 2.24. The molecule has 2 unspecified atom stereocenters. The number of fused-ring (bicyclic) bond motifs is 1. The summed E-state index contributed by atoms with van der Waals surface area (Å²) in [6, 6.07) is 3.30. The van der Waals surface area contributed by atoms with Gasteiger partial charge in [-0.05, 0) is 31.2 Å². The summed E-state index contributed by atoms with van der Waals surface area (Å²) in [6.07, 6.45) is 1.20. The summed E-state index contributed by atoms with van der Waals surface area (Å²) < 4.78 is 10.6. The van der Waals surface area contributed by atoms with Gasteiger partial charge in [0.15, 0.2) is 17.3 Å². The van der Waals surface area contributed by atoms with E-state index in [1.54, 1.807) is 12.1 Å². The molecule has 1 amide bonds. The minimum Gasteiger partial charge on any atom is -0.454 e. The average Bonchev–Trinajstić information content (AvgIpc) is 2.92. The molecular formula is C18H24N2O4. The van der Waals surface area contributed by atoms with Crippen LogP contribution in [0.4, 0.5) is 5.69 Å². The lowest BCUT2D eigenvalue weighted by Gasteiger charge is -2.34. The van der Waals surface area contributed by atoms with Gasteiger partial charge in [0.2, 0.25) is 12.7 Å². The number of Topliss-reactive ketones (excluding diaryl/α,β-unsaturated/α-hetero) is 1. The van der Waals surface area contributed by atoms with Gasteiger partial charge < -0.3 is 14.8 Å². The van der Waals surface area contributed by atoms with E-state index in [0.717, 1.165) is 13.1 Å². The van der Waals surface area contributed by atoms with Crippen LogP contribution in [0.1, 0.15) is 37.6 Å². The van der Waals surface area contributed by atoms with Gasteiger partial charge in [-0.3, -0.25) is 14.5 Å². The minimum absolute atomic E-state index is 0.113. The van der Waals surface area contributed by atoms with Crippen molar-refractivity contribution in [2.45, 2.75) is 27.2 Å². The van der Waals surface area contributed by atoms with Crippen molar-refractivity contribution in [2.75, 3.05) is 31.7 Å². The Morgan fingerprint density at radius 2 is 1.79 bits per heavy atom. The van der Waals surface area contributed by atoms with E-state index in [1.807, 2.05) is 0 Å². The van der Waals surface area contributed by atoms with Gasteiger partial charge >= 0.3 is 0 Å². The number of anilines is 1. The van der Waals surface area contributed by atoms with Gasteiger partial charge in [0.25, 0.3) is 0 Å². The lowest BCUT2D eigenvalue weighted by atomic mass is 9.92. The fourth-order valence-electron chi connectivity index (χ4n) is 3.65. The van der Waals surface area contributed by atoms with Gasteiger partial charge in [-0.2, -0.15) is 0 Å². The summed E-state index contributed by atoms with van der Waals surface area (Å²) in [5, 5.41) is 2.86. The molecule has 0 saturated carbocycles. The molecule has 2 heterocycles. The molecule has 130 valence electrons. The average molecular weight is 332 g/mol. The third-order valence-corrected chi connectivity index (χ3v) is 4.48. The Bertz CT molecular complexity index is 649. The van der Waals surface area contributed by atoms with Crippen LogP contribution in [0.2, 0.25) is 0 Å². The molecule has 2 aliphatic heterocycles. The van der Waals surface area contributed by atoms with Crippen LogP contribution < -0.4 is 14.8 Å². The molecule has 1 aromatic carbocycles. The van der Waals surface area contributed by atoms with Gasteiger partial charge in [-0.25, -0.2) is 0 Å². The van der Waals surface area contributed by atoms with E-state index in [1.165, 1.54) is 13.3 Å². The highest BCUT2D eigenvalue weighted by Crippen LogP contribution is 2.37. The standard InChI is InChI=1S/C18H24N2O4/c1-11-4-12(2)8-20(7-11)9-18(22)19-15-6-17-16(23-10-24-17)5-14(15)13(3)21/h5-6,11-12H,4,7-10H2,1-3H3,(H,19,22). The zero-order valence-electron chi connectivity index (χ0n) is 14.4. The van der Waals surface area contributed by atoms with Gasteiger partial charge in [0, 0.05) is 24.7 Å². The normalized spacial score (nSPS) is 23.1. The highest BCUT2D eigenvalue weighted by molar-refractivity contribution is 6.05. The quantitative estimate of drug-likeness (QED) is 0.858. The van der Waals surface area contributed by atoms with Crippen LogP contribution in [-0.2, 0) is 4.79 Å². The molecule has 1 saturated heterocycles. The molecule has 0 aromatic heterocycles. The summed E-state index contributed by atoms with van der Waals surface area (Å²) in [5.74, 6) is 2.05. The van der Waals surface area contributed by atoms with Crippen molar-refractivity contribution in [3.05, 3.63) is 17.7 Å². The van der Waals surface area contributed by atoms with E-state index in [4.69, 9.17) is 9.47 Å². The summed E-state index contributed by atoms with van der Waals surface area (Å²) in [4.78, 5) is 26.5. The fourth-order valence-corrected chi connectivity index (χ4v) is 3.65. The van der Waals surface area contributed by atoms with Crippen LogP contribution in [0.5, 0.6) is 11.5 Å². The molecule has 3 rings (SSSR count). The second-order valence-corrected chi connectivity index (χ2v) is 7.00. The first-order valence-corrected chi connectivity index (χ1v) is 8.39. The highest BCUT2D eigenvalue weighted by atomic mass is 16.7. The van der Waals surface area contributed by atoms with E-state index in [0.29, 0.717) is 41.1 Å². The maximum Gasteiger partial charge on any atom is 0.238 e. The molecule has 2 atom stereocenters. The zero-order valence-corrected chi connectivity index (χ0v) is 14.4. The number of nitrogens with zero attached hydrogens (tertiary/aromatic N) is 1. The number of nitrogens with one attached hydrogen (secondary N) is 1. The molecule has 0 radical (unpaired) electrons. The summed E-state index contributed by atoms with van der Waals surface area (Å²) >= 11 is 0. The molecule has 1 fully saturated rings. The number of amides is 1. The second kappa shape index (κ2) is 6.81. The number of hydrogen-bond donors (Lipinski definition) is 1. The van der Waals surface area contributed by atoms with E-state index in [2.05, 4.69) is 24.1 Å². The molecule has 0 aliphatic carbocycles. The third-order valence-electron chi connectivity index (χ3n) is 4.48. The number of benzene rings is 1. The van der Waals surface area contributed by atoms with Crippen LogP contribution >= 0.6 is 0 Å². The van der Waals surface area contributed by atoms with Crippen molar-refractivity contribution in [1.82, 2.24) is 4.90 Å². The van der Waals surface area contributed by atoms with Gasteiger partial charge in [-0.1, -0.05) is 13.8 Å². The number of ketones is 1. The Hall–Kier alpha value is -2.08. The van der Waals surface area contributed by atoms with E-state index < -0.39 is 0 Å². The van der Waals surface area contributed by atoms with Crippen molar-refractivity contribution in [3.8, 4) is 11.5 Å². The zero-order chi connectivity index (χ0) is 17.3. The predicted molar refractivity (Wildman–Crippen MR) is 90.6 cm³/mol. The fraction of sp³-hybridized carbons (Fsp3) is 0.556. The van der Waals surface area contributed by atoms with E-state index in [9.17, 15) is 9.59 Å². The molecule has 6 heteroatoms. The van der Waals surface area contributed by atoms with Gasteiger partial charge in [0.1, 0.15) is 0 Å². The summed E-state index contributed by atoms with van der Waals surface area (Å²) in [6.45, 7) is 8.23. The number of hydrogen-bond acceptors (Lipinski definition) is 5. The third kappa shape index (κ3) is 3.70. The molecule has 6 nitrogen and oxygen atoms in total. The predicted octanol–water partition coefficient (Wildman–Crippen LogP) is 2.53. The lowest BCUT2D eigenvalue weighted by molar-refractivity contribution is -0.117. The van der Waals surface area contributed by atoms with Crippen molar-refractivity contribution in [2.24, 2.45) is 11.8 Å². The first-order valence-electron chi connectivity index (χ1n) is 8.39. The summed E-state index contributed by atoms with van der Waals surface area (Å²) in [7, 11) is 0. The molecule has 24 heavy (non-hydrogen) atoms. The van der Waals surface area contributed by atoms with E-state index in [-0.39, 0.29) is 18.5 Å². The van der Waals surface area contributed by atoms with E-state index >= 15 is 0 Å². The molecule has 0 spiro atoms. The van der Waals surface area contributed by atoms with Crippen LogP contribution in [0, 0.1) is 11.8 Å². The van der Waals surface area contributed by atoms with Crippen molar-refractivity contribution < 1.29 is 19.1 Å². The molecular weight excluding hydrogens is 308 g/mol. The number of likely N-dealkylation sites (tertiary alicyclic amines) is 1. The number of carbonyl (C=O) groups excluding carboxylic acids is 2. The minimum atomic E-state index is -0.121. The first-order chi connectivity index (χ1) is 11.4. The number of rotatable bonds is 4.